The number of rotatable bonds is 7. The van der Waals surface area contributed by atoms with E-state index in [-0.39, 0.29) is 37.5 Å². The lowest BCUT2D eigenvalue weighted by molar-refractivity contribution is -0.134. The Morgan fingerprint density at radius 2 is 1.86 bits per heavy atom. The zero-order valence-corrected chi connectivity index (χ0v) is 17.8. The zero-order valence-electron chi connectivity index (χ0n) is 17.0. The van der Waals surface area contributed by atoms with E-state index in [1.807, 2.05) is 30.3 Å². The maximum Gasteiger partial charge on any atom is 0.410 e. The van der Waals surface area contributed by atoms with Crippen LogP contribution in [0.25, 0.3) is 0 Å². The standard InChI is InChI=1S/C20H28ClN3O5/c1-20(2,3)29-18(26)22-9-10-24(17(25)11-21)16-12-23(13-16)19(27)28-14-15-7-5-4-6-8-15/h4-8,16H,9-14H2,1-3H3,(H,22,26). The van der Waals surface area contributed by atoms with Crippen LogP contribution in [-0.4, -0.2) is 71.6 Å². The molecule has 0 unspecified atom stereocenters. The number of halogens is 1. The van der Waals surface area contributed by atoms with Gasteiger partial charge in [-0.1, -0.05) is 30.3 Å². The van der Waals surface area contributed by atoms with Crippen molar-refractivity contribution in [3.63, 3.8) is 0 Å². The number of ether oxygens (including phenoxy) is 2. The van der Waals surface area contributed by atoms with E-state index in [9.17, 15) is 14.4 Å². The first-order chi connectivity index (χ1) is 13.7. The minimum absolute atomic E-state index is 0.161. The number of carbonyl (C=O) groups excluding carboxylic acids is 3. The number of nitrogens with zero attached hydrogens (tertiary/aromatic N) is 2. The average molecular weight is 426 g/mol. The molecule has 0 spiro atoms. The van der Waals surface area contributed by atoms with Gasteiger partial charge in [-0.15, -0.1) is 11.6 Å². The predicted molar refractivity (Wildman–Crippen MR) is 109 cm³/mol. The molecule has 0 atom stereocenters. The van der Waals surface area contributed by atoms with Gasteiger partial charge in [-0.2, -0.15) is 0 Å². The summed E-state index contributed by atoms with van der Waals surface area (Å²) in [4.78, 5) is 39.1. The SMILES string of the molecule is CC(C)(C)OC(=O)NCCN(C(=O)CCl)C1CN(C(=O)OCc2ccccc2)C1. The smallest absolute Gasteiger partial charge is 0.410 e. The highest BCUT2D eigenvalue weighted by molar-refractivity contribution is 6.27. The minimum Gasteiger partial charge on any atom is -0.445 e. The molecular formula is C20H28ClN3O5. The first-order valence-corrected chi connectivity index (χ1v) is 10.0. The number of carbonyl (C=O) groups is 3. The normalized spacial score (nSPS) is 14.0. The first kappa shape index (κ1) is 22.8. The second-order valence-electron chi connectivity index (χ2n) is 7.75. The van der Waals surface area contributed by atoms with Gasteiger partial charge in [0, 0.05) is 26.2 Å². The van der Waals surface area contributed by atoms with Crippen LogP contribution in [0.2, 0.25) is 0 Å². The molecule has 0 aromatic heterocycles. The molecule has 160 valence electrons. The molecule has 3 amide bonds. The van der Waals surface area contributed by atoms with Crippen molar-refractivity contribution in [1.82, 2.24) is 15.1 Å². The van der Waals surface area contributed by atoms with E-state index in [1.54, 1.807) is 25.7 Å². The van der Waals surface area contributed by atoms with Gasteiger partial charge in [0.2, 0.25) is 5.91 Å². The number of likely N-dealkylation sites (tertiary alicyclic amines) is 1. The molecule has 8 nitrogen and oxygen atoms in total. The summed E-state index contributed by atoms with van der Waals surface area (Å²) in [5.41, 5.74) is 0.315. The van der Waals surface area contributed by atoms with Gasteiger partial charge in [0.15, 0.2) is 0 Å². The van der Waals surface area contributed by atoms with Crippen molar-refractivity contribution in [2.24, 2.45) is 0 Å². The summed E-state index contributed by atoms with van der Waals surface area (Å²) >= 11 is 5.71. The van der Waals surface area contributed by atoms with Crippen molar-refractivity contribution in [1.29, 1.82) is 0 Å². The molecule has 1 aromatic rings. The van der Waals surface area contributed by atoms with Crippen LogP contribution in [0.3, 0.4) is 0 Å². The number of amides is 3. The van der Waals surface area contributed by atoms with Gasteiger partial charge in [-0.3, -0.25) is 4.79 Å². The Morgan fingerprint density at radius 1 is 1.21 bits per heavy atom. The largest absolute Gasteiger partial charge is 0.445 e. The van der Waals surface area contributed by atoms with Crippen molar-refractivity contribution < 1.29 is 23.9 Å². The molecule has 9 heteroatoms. The van der Waals surface area contributed by atoms with E-state index in [2.05, 4.69) is 5.32 Å². The third-order valence-electron chi connectivity index (χ3n) is 4.22. The van der Waals surface area contributed by atoms with Gasteiger partial charge >= 0.3 is 12.2 Å². The number of nitrogens with one attached hydrogen (secondary N) is 1. The van der Waals surface area contributed by atoms with Crippen LogP contribution in [0.4, 0.5) is 9.59 Å². The molecule has 2 rings (SSSR count). The Kier molecular flexibility index (Phi) is 8.13. The summed E-state index contributed by atoms with van der Waals surface area (Å²) in [6, 6.07) is 9.25. The molecule has 1 heterocycles. The third kappa shape index (κ3) is 7.45. The summed E-state index contributed by atoms with van der Waals surface area (Å²) in [7, 11) is 0. The summed E-state index contributed by atoms with van der Waals surface area (Å²) in [6.07, 6.45) is -0.967. The highest BCUT2D eigenvalue weighted by atomic mass is 35.5. The lowest BCUT2D eigenvalue weighted by Crippen LogP contribution is -2.63. The van der Waals surface area contributed by atoms with Crippen molar-refractivity contribution in [3.8, 4) is 0 Å². The van der Waals surface area contributed by atoms with Crippen LogP contribution >= 0.6 is 11.6 Å². The molecule has 1 saturated heterocycles. The zero-order chi connectivity index (χ0) is 21.4. The Balaban J connectivity index is 1.76. The highest BCUT2D eigenvalue weighted by Gasteiger charge is 2.37. The van der Waals surface area contributed by atoms with Crippen molar-refractivity contribution in [2.75, 3.05) is 32.1 Å². The highest BCUT2D eigenvalue weighted by Crippen LogP contribution is 2.17. The van der Waals surface area contributed by atoms with Gasteiger partial charge in [0.05, 0.1) is 6.04 Å². The second-order valence-corrected chi connectivity index (χ2v) is 8.02. The maximum absolute atomic E-state index is 12.2. The lowest BCUT2D eigenvalue weighted by atomic mass is 10.1. The molecule has 1 aromatic carbocycles. The topological polar surface area (TPSA) is 88.2 Å². The van der Waals surface area contributed by atoms with Crippen LogP contribution in [0.5, 0.6) is 0 Å². The molecule has 1 aliphatic heterocycles. The summed E-state index contributed by atoms with van der Waals surface area (Å²) in [5, 5.41) is 2.62. The van der Waals surface area contributed by atoms with Crippen LogP contribution < -0.4 is 5.32 Å². The fourth-order valence-corrected chi connectivity index (χ4v) is 2.95. The van der Waals surface area contributed by atoms with Crippen LogP contribution in [0.15, 0.2) is 30.3 Å². The van der Waals surface area contributed by atoms with Gasteiger partial charge in [-0.05, 0) is 26.3 Å². The Morgan fingerprint density at radius 3 is 2.45 bits per heavy atom. The van der Waals surface area contributed by atoms with Crippen LogP contribution in [0.1, 0.15) is 26.3 Å². The van der Waals surface area contributed by atoms with Crippen LogP contribution in [-0.2, 0) is 20.9 Å². The molecule has 1 fully saturated rings. The third-order valence-corrected chi connectivity index (χ3v) is 4.45. The van der Waals surface area contributed by atoms with Gasteiger partial charge < -0.3 is 24.6 Å². The Bertz CT molecular complexity index is 702. The van der Waals surface area contributed by atoms with Crippen molar-refractivity contribution >= 4 is 29.7 Å². The number of benzene rings is 1. The number of hydrogen-bond donors (Lipinski definition) is 1. The number of alkyl halides is 1. The monoisotopic (exact) mass is 425 g/mol. The summed E-state index contributed by atoms with van der Waals surface area (Å²) in [5.74, 6) is -0.415. The first-order valence-electron chi connectivity index (χ1n) is 9.47. The van der Waals surface area contributed by atoms with E-state index in [0.717, 1.165) is 5.56 Å². The molecule has 29 heavy (non-hydrogen) atoms. The second kappa shape index (κ2) is 10.3. The van der Waals surface area contributed by atoms with Gasteiger partial charge in [-0.25, -0.2) is 9.59 Å². The molecule has 1 aliphatic rings. The van der Waals surface area contributed by atoms with Crippen molar-refractivity contribution in [3.05, 3.63) is 35.9 Å². The molecule has 0 aliphatic carbocycles. The average Bonchev–Trinajstić information content (AvgIpc) is 2.62. The lowest BCUT2D eigenvalue weighted by Gasteiger charge is -2.44. The van der Waals surface area contributed by atoms with Crippen molar-refractivity contribution in [2.45, 2.75) is 39.0 Å². The van der Waals surface area contributed by atoms with E-state index < -0.39 is 17.8 Å². The van der Waals surface area contributed by atoms with Crippen LogP contribution in [0, 0.1) is 0 Å². The molecule has 0 radical (unpaired) electrons. The molecule has 0 bridgehead atoms. The molecule has 0 saturated carbocycles. The summed E-state index contributed by atoms with van der Waals surface area (Å²) in [6.45, 7) is 6.76. The minimum atomic E-state index is -0.593. The quantitative estimate of drug-likeness (QED) is 0.678. The van der Waals surface area contributed by atoms with E-state index in [4.69, 9.17) is 21.1 Å². The molecule has 1 N–H and O–H groups in total. The number of alkyl carbamates (subject to hydrolysis) is 1. The molecular weight excluding hydrogens is 398 g/mol. The van der Waals surface area contributed by atoms with Gasteiger partial charge in [0.1, 0.15) is 18.1 Å². The van der Waals surface area contributed by atoms with E-state index >= 15 is 0 Å². The van der Waals surface area contributed by atoms with E-state index in [0.29, 0.717) is 13.1 Å². The maximum atomic E-state index is 12.2. The van der Waals surface area contributed by atoms with E-state index in [1.165, 1.54) is 4.90 Å². The summed E-state index contributed by atoms with van der Waals surface area (Å²) < 4.78 is 10.5. The predicted octanol–water partition coefficient (Wildman–Crippen LogP) is 2.60. The fourth-order valence-electron chi connectivity index (χ4n) is 2.79. The van der Waals surface area contributed by atoms with Gasteiger partial charge in [0.25, 0.3) is 0 Å². The number of hydrogen-bond acceptors (Lipinski definition) is 5. The Hall–Kier alpha value is -2.48. The Labute approximate surface area is 176 Å². The fraction of sp³-hybridized carbons (Fsp3) is 0.550.